The first-order valence-corrected chi connectivity index (χ1v) is 14.2. The van der Waals surface area contributed by atoms with Crippen LogP contribution in [0.3, 0.4) is 0 Å². The average molecular weight is 550 g/mol. The lowest BCUT2D eigenvalue weighted by molar-refractivity contribution is -0.144. The van der Waals surface area contributed by atoms with Gasteiger partial charge in [-0.1, -0.05) is 59.4 Å². The highest BCUT2D eigenvalue weighted by molar-refractivity contribution is 5.77. The summed E-state index contributed by atoms with van der Waals surface area (Å²) in [6.07, 6.45) is 7.08. The van der Waals surface area contributed by atoms with E-state index in [4.69, 9.17) is 18.9 Å². The summed E-state index contributed by atoms with van der Waals surface area (Å²) in [6, 6.07) is 4.18. The van der Waals surface area contributed by atoms with Gasteiger partial charge < -0.3 is 24.3 Å². The lowest BCUT2D eigenvalue weighted by Gasteiger charge is -2.18. The molecule has 0 radical (unpaired) electrons. The summed E-state index contributed by atoms with van der Waals surface area (Å²) in [6.45, 7) is 8.57. The summed E-state index contributed by atoms with van der Waals surface area (Å²) >= 11 is 0. The fraction of sp³-hybridized carbons (Fsp3) is 0.667. The number of esters is 4. The molecule has 1 atom stereocenters. The smallest absolute Gasteiger partial charge is 0.323 e. The molecule has 0 heterocycles. The second kappa shape index (κ2) is 20.0. The van der Waals surface area contributed by atoms with Crippen LogP contribution in [-0.2, 0) is 35.1 Å². The minimum Gasteiger partial charge on any atom is -0.468 e. The maximum Gasteiger partial charge on any atom is 0.323 e. The van der Waals surface area contributed by atoms with Gasteiger partial charge >= 0.3 is 23.9 Å². The van der Waals surface area contributed by atoms with Gasteiger partial charge in [-0.3, -0.25) is 19.2 Å². The molecule has 0 amide bonds. The quantitative estimate of drug-likeness (QED) is 0.131. The predicted octanol–water partition coefficient (Wildman–Crippen LogP) is 5.31. The number of nitrogens with one attached hydrogen (secondary N) is 1. The van der Waals surface area contributed by atoms with Crippen molar-refractivity contribution in [2.45, 2.75) is 104 Å². The Bertz CT molecular complexity index is 899. The topological polar surface area (TPSA) is 117 Å². The van der Waals surface area contributed by atoms with Crippen LogP contribution in [0.1, 0.15) is 97.5 Å². The van der Waals surface area contributed by atoms with E-state index >= 15 is 0 Å². The molecule has 1 aromatic carbocycles. The number of carbonyl (C=O) groups is 4. The first-order valence-electron chi connectivity index (χ1n) is 14.2. The van der Waals surface area contributed by atoms with E-state index in [0.29, 0.717) is 24.3 Å². The average Bonchev–Trinajstić information content (AvgIpc) is 2.90. The van der Waals surface area contributed by atoms with E-state index in [0.717, 1.165) is 38.5 Å². The number of ether oxygens (including phenoxy) is 4. The van der Waals surface area contributed by atoms with Crippen LogP contribution in [-0.4, -0.2) is 50.2 Å². The molecule has 0 aliphatic heterocycles. The van der Waals surface area contributed by atoms with E-state index in [-0.39, 0.29) is 49.9 Å². The van der Waals surface area contributed by atoms with Crippen LogP contribution < -0.4 is 14.8 Å². The van der Waals surface area contributed by atoms with Gasteiger partial charge in [-0.2, -0.15) is 0 Å². The summed E-state index contributed by atoms with van der Waals surface area (Å²) in [5.41, 5.74) is 0.675. The minimum absolute atomic E-state index is 0.123. The zero-order chi connectivity index (χ0) is 29.0. The number of hydrogen-bond donors (Lipinski definition) is 1. The standard InChI is InChI=1S/C30H47NO8/c1-6-8-10-12-28(33)38-25-16-15-23(21-26(25)39-29(34)13-11-9-7-2)20-24(30(35)36-5)31-18-19-37-27(32)17-14-22(3)4/h15-16,21-22,24,31H,6-14,17-20H2,1-5H3/t24-/m0/s1. The normalized spacial score (nSPS) is 11.6. The van der Waals surface area contributed by atoms with Gasteiger partial charge in [-0.15, -0.1) is 0 Å². The van der Waals surface area contributed by atoms with Crippen molar-refractivity contribution in [2.24, 2.45) is 5.92 Å². The van der Waals surface area contributed by atoms with E-state index < -0.39 is 23.9 Å². The molecule has 0 aromatic heterocycles. The molecule has 0 aliphatic rings. The third-order valence-corrected chi connectivity index (χ3v) is 6.03. The second-order valence-electron chi connectivity index (χ2n) is 10.0. The highest BCUT2D eigenvalue weighted by Gasteiger charge is 2.21. The Labute approximate surface area is 233 Å². The van der Waals surface area contributed by atoms with E-state index in [9.17, 15) is 19.2 Å². The Morgan fingerprint density at radius 1 is 0.821 bits per heavy atom. The molecule has 0 bridgehead atoms. The molecule has 0 fully saturated rings. The van der Waals surface area contributed by atoms with Gasteiger partial charge in [-0.05, 0) is 49.3 Å². The van der Waals surface area contributed by atoms with Gasteiger partial charge in [0.15, 0.2) is 11.5 Å². The maximum absolute atomic E-state index is 12.4. The number of hydrogen-bond acceptors (Lipinski definition) is 9. The summed E-state index contributed by atoms with van der Waals surface area (Å²) in [7, 11) is 1.30. The van der Waals surface area contributed by atoms with E-state index in [1.807, 2.05) is 20.8 Å². The SMILES string of the molecule is CCCCCC(=O)Oc1ccc(C[C@H](NCCOC(=O)CCC(C)C)C(=O)OC)cc1OC(=O)CCCCC. The molecule has 0 saturated carbocycles. The predicted molar refractivity (Wildman–Crippen MR) is 149 cm³/mol. The van der Waals surface area contributed by atoms with Gasteiger partial charge in [0.2, 0.25) is 0 Å². The van der Waals surface area contributed by atoms with Crippen LogP contribution in [0.2, 0.25) is 0 Å². The molecular weight excluding hydrogens is 502 g/mol. The van der Waals surface area contributed by atoms with Gasteiger partial charge in [-0.25, -0.2) is 0 Å². The molecular formula is C30H47NO8. The molecule has 1 N–H and O–H groups in total. The van der Waals surface area contributed by atoms with Crippen molar-refractivity contribution in [3.8, 4) is 11.5 Å². The molecule has 0 spiro atoms. The van der Waals surface area contributed by atoms with Crippen LogP contribution >= 0.6 is 0 Å². The molecule has 220 valence electrons. The summed E-state index contributed by atoms with van der Waals surface area (Å²) in [5.74, 6) is -0.838. The summed E-state index contributed by atoms with van der Waals surface area (Å²) in [5, 5.41) is 3.06. The first-order chi connectivity index (χ1) is 18.7. The highest BCUT2D eigenvalue weighted by atomic mass is 16.6. The van der Waals surface area contributed by atoms with Crippen molar-refractivity contribution in [2.75, 3.05) is 20.3 Å². The number of rotatable bonds is 20. The first kappa shape index (κ1) is 34.1. The van der Waals surface area contributed by atoms with Crippen LogP contribution in [0.15, 0.2) is 18.2 Å². The van der Waals surface area contributed by atoms with Crippen molar-refractivity contribution in [1.82, 2.24) is 5.32 Å². The number of carbonyl (C=O) groups excluding carboxylic acids is 4. The Morgan fingerprint density at radius 2 is 1.44 bits per heavy atom. The monoisotopic (exact) mass is 549 g/mol. The van der Waals surface area contributed by atoms with Crippen molar-refractivity contribution < 1.29 is 38.1 Å². The molecule has 39 heavy (non-hydrogen) atoms. The Balaban J connectivity index is 2.91. The zero-order valence-corrected chi connectivity index (χ0v) is 24.3. The summed E-state index contributed by atoms with van der Waals surface area (Å²) < 4.78 is 21.3. The molecule has 1 rings (SSSR count). The third-order valence-electron chi connectivity index (χ3n) is 6.03. The molecule has 1 aromatic rings. The Hall–Kier alpha value is -2.94. The largest absolute Gasteiger partial charge is 0.468 e. The van der Waals surface area contributed by atoms with E-state index in [2.05, 4.69) is 12.2 Å². The van der Waals surface area contributed by atoms with Crippen LogP contribution in [0.5, 0.6) is 11.5 Å². The molecule has 9 nitrogen and oxygen atoms in total. The van der Waals surface area contributed by atoms with Gasteiger partial charge in [0.25, 0.3) is 0 Å². The molecule has 0 saturated heterocycles. The van der Waals surface area contributed by atoms with Gasteiger partial charge in [0.05, 0.1) is 7.11 Å². The zero-order valence-electron chi connectivity index (χ0n) is 24.3. The highest BCUT2D eigenvalue weighted by Crippen LogP contribution is 2.30. The molecule has 9 heteroatoms. The van der Waals surface area contributed by atoms with Crippen molar-refractivity contribution in [1.29, 1.82) is 0 Å². The lowest BCUT2D eigenvalue weighted by Crippen LogP contribution is -2.41. The number of benzene rings is 1. The van der Waals surface area contributed by atoms with Gasteiger partial charge in [0.1, 0.15) is 12.6 Å². The summed E-state index contributed by atoms with van der Waals surface area (Å²) in [4.78, 5) is 49.0. The van der Waals surface area contributed by atoms with Crippen LogP contribution in [0.25, 0.3) is 0 Å². The fourth-order valence-electron chi connectivity index (χ4n) is 3.72. The van der Waals surface area contributed by atoms with Gasteiger partial charge in [0, 0.05) is 25.8 Å². The second-order valence-corrected chi connectivity index (χ2v) is 10.0. The fourth-order valence-corrected chi connectivity index (χ4v) is 3.72. The van der Waals surface area contributed by atoms with E-state index in [1.54, 1.807) is 18.2 Å². The lowest BCUT2D eigenvalue weighted by atomic mass is 10.0. The molecule has 0 unspecified atom stereocenters. The number of unbranched alkanes of at least 4 members (excludes halogenated alkanes) is 4. The van der Waals surface area contributed by atoms with E-state index in [1.165, 1.54) is 7.11 Å². The van der Waals surface area contributed by atoms with Crippen LogP contribution in [0.4, 0.5) is 0 Å². The Morgan fingerprint density at radius 3 is 2.00 bits per heavy atom. The van der Waals surface area contributed by atoms with Crippen molar-refractivity contribution >= 4 is 23.9 Å². The maximum atomic E-state index is 12.4. The molecule has 0 aliphatic carbocycles. The van der Waals surface area contributed by atoms with Crippen molar-refractivity contribution in [3.05, 3.63) is 23.8 Å². The third kappa shape index (κ3) is 15.3. The number of methoxy groups -OCH3 is 1. The minimum atomic E-state index is -0.722. The van der Waals surface area contributed by atoms with Crippen molar-refractivity contribution in [3.63, 3.8) is 0 Å². The Kier molecular flexibility index (Phi) is 17.5. The van der Waals surface area contributed by atoms with Crippen LogP contribution in [0, 0.1) is 5.92 Å².